The number of rotatable bonds is 1. The van der Waals surface area contributed by atoms with Gasteiger partial charge in [-0.15, -0.1) is 0 Å². The van der Waals surface area contributed by atoms with Crippen LogP contribution in [0, 0.1) is 0 Å². The number of hydrogen-bond acceptors (Lipinski definition) is 1. The molecule has 1 nitrogen and oxygen atoms in total. The number of pyridine rings is 1. The first kappa shape index (κ1) is 8.36. The topological polar surface area (TPSA) is 3.88 Å². The summed E-state index contributed by atoms with van der Waals surface area (Å²) in [4.78, 5) is 2.30. The van der Waals surface area contributed by atoms with Gasteiger partial charge in [0.15, 0.2) is 0 Å². The van der Waals surface area contributed by atoms with Gasteiger partial charge >= 0.3 is 83.0 Å². The van der Waals surface area contributed by atoms with E-state index in [4.69, 9.17) is 0 Å². The summed E-state index contributed by atoms with van der Waals surface area (Å²) in [6, 6.07) is 6.24. The zero-order chi connectivity index (χ0) is 8.23. The normalized spacial score (nSPS) is 22.5. The fraction of sp³-hybridized carbons (Fsp3) is 0.222. The molecule has 1 atom stereocenters. The maximum absolute atomic E-state index is 2.30. The van der Waals surface area contributed by atoms with Gasteiger partial charge in [-0.1, -0.05) is 0 Å². The molecule has 0 saturated heterocycles. The second-order valence-corrected chi connectivity index (χ2v) is 5.58. The summed E-state index contributed by atoms with van der Waals surface area (Å²) in [7, 11) is 0. The molecule has 1 aliphatic rings. The molecule has 2 heterocycles. The second-order valence-electron chi connectivity index (χ2n) is 2.52. The maximum atomic E-state index is 2.30. The van der Waals surface area contributed by atoms with Crippen LogP contribution in [0.15, 0.2) is 41.0 Å². The SMILES string of the molecule is C1=C[Se]CC([n+]2ccccc2)S1. The minimum absolute atomic E-state index is 0.635. The van der Waals surface area contributed by atoms with Gasteiger partial charge in [-0.05, 0) is 0 Å². The minimum atomic E-state index is 0.635. The molecule has 0 saturated carbocycles. The van der Waals surface area contributed by atoms with Crippen LogP contribution in [0.25, 0.3) is 0 Å². The molecule has 0 fully saturated rings. The average Bonchev–Trinajstić information content (AvgIpc) is 2.21. The van der Waals surface area contributed by atoms with E-state index in [2.05, 4.69) is 45.5 Å². The summed E-state index contributed by atoms with van der Waals surface area (Å²) >= 11 is 2.62. The molecule has 12 heavy (non-hydrogen) atoms. The van der Waals surface area contributed by atoms with Crippen molar-refractivity contribution in [3.63, 3.8) is 0 Å². The van der Waals surface area contributed by atoms with E-state index in [1.54, 1.807) is 0 Å². The Morgan fingerprint density at radius 3 is 2.75 bits per heavy atom. The van der Waals surface area contributed by atoms with Crippen LogP contribution in [0.2, 0.25) is 5.32 Å². The zero-order valence-electron chi connectivity index (χ0n) is 6.59. The molecule has 0 aliphatic carbocycles. The van der Waals surface area contributed by atoms with Gasteiger partial charge in [0.2, 0.25) is 0 Å². The Labute approximate surface area is 83.0 Å². The van der Waals surface area contributed by atoms with E-state index in [9.17, 15) is 0 Å². The number of nitrogens with zero attached hydrogens (tertiary/aromatic N) is 1. The van der Waals surface area contributed by atoms with E-state index in [-0.39, 0.29) is 0 Å². The predicted molar refractivity (Wildman–Crippen MR) is 53.0 cm³/mol. The van der Waals surface area contributed by atoms with Crippen molar-refractivity contribution in [2.75, 3.05) is 0 Å². The van der Waals surface area contributed by atoms with E-state index >= 15 is 0 Å². The zero-order valence-corrected chi connectivity index (χ0v) is 9.12. The third kappa shape index (κ3) is 1.92. The summed E-state index contributed by atoms with van der Waals surface area (Å²) < 4.78 is 2.29. The predicted octanol–water partition coefficient (Wildman–Crippen LogP) is 1.81. The van der Waals surface area contributed by atoms with Crippen LogP contribution in [0.5, 0.6) is 0 Å². The Hall–Kier alpha value is -0.241. The van der Waals surface area contributed by atoms with Crippen LogP contribution in [0.4, 0.5) is 0 Å². The quantitative estimate of drug-likeness (QED) is 0.537. The van der Waals surface area contributed by atoms with Gasteiger partial charge in [0.05, 0.1) is 0 Å². The molecule has 1 aromatic rings. The summed E-state index contributed by atoms with van der Waals surface area (Å²) in [6.07, 6.45) is 4.29. The standard InChI is InChI=1S/C9H10NSSe/c1-2-4-10(5-3-1)9-8-12-7-6-11-9/h1-7,9H,8H2/q+1. The fourth-order valence-corrected chi connectivity index (χ4v) is 4.52. The molecule has 1 aliphatic heterocycles. The fourth-order valence-electron chi connectivity index (χ4n) is 1.10. The molecule has 62 valence electrons. The molecular weight excluding hydrogens is 233 g/mol. The Balaban J connectivity index is 2.15. The molecule has 0 bridgehead atoms. The Morgan fingerprint density at radius 1 is 1.25 bits per heavy atom. The third-order valence-corrected chi connectivity index (χ3v) is 5.34. The molecule has 0 spiro atoms. The molecule has 1 aromatic heterocycles. The van der Waals surface area contributed by atoms with Gasteiger partial charge in [0.1, 0.15) is 0 Å². The summed E-state index contributed by atoms with van der Waals surface area (Å²) in [6.45, 7) is 0. The van der Waals surface area contributed by atoms with Gasteiger partial charge in [-0.2, -0.15) is 0 Å². The monoisotopic (exact) mass is 244 g/mol. The summed E-state index contributed by atoms with van der Waals surface area (Å²) in [5.74, 6) is 0. The van der Waals surface area contributed by atoms with Crippen LogP contribution in [0.3, 0.4) is 0 Å². The van der Waals surface area contributed by atoms with Crippen LogP contribution >= 0.6 is 11.8 Å². The van der Waals surface area contributed by atoms with E-state index in [1.165, 1.54) is 5.32 Å². The van der Waals surface area contributed by atoms with Crippen molar-refractivity contribution in [3.05, 3.63) is 41.0 Å². The van der Waals surface area contributed by atoms with Gasteiger partial charge < -0.3 is 0 Å². The first-order valence-electron chi connectivity index (χ1n) is 3.85. The second kappa shape index (κ2) is 4.13. The molecule has 0 N–H and O–H groups in total. The van der Waals surface area contributed by atoms with E-state index in [0.29, 0.717) is 20.3 Å². The molecule has 0 radical (unpaired) electrons. The first-order valence-corrected chi connectivity index (χ1v) is 6.99. The van der Waals surface area contributed by atoms with Gasteiger partial charge in [-0.3, -0.25) is 0 Å². The van der Waals surface area contributed by atoms with Gasteiger partial charge in [0, 0.05) is 0 Å². The third-order valence-electron chi connectivity index (χ3n) is 1.70. The van der Waals surface area contributed by atoms with Gasteiger partial charge in [-0.25, -0.2) is 0 Å². The van der Waals surface area contributed by atoms with Crippen molar-refractivity contribution in [1.29, 1.82) is 0 Å². The molecule has 1 unspecified atom stereocenters. The number of hydrogen-bond donors (Lipinski definition) is 0. The Morgan fingerprint density at radius 2 is 2.08 bits per heavy atom. The molecule has 2 rings (SSSR count). The summed E-state index contributed by atoms with van der Waals surface area (Å²) in [5.41, 5.74) is 0. The average molecular weight is 243 g/mol. The number of thioether (sulfide) groups is 1. The molecule has 0 aromatic carbocycles. The van der Waals surface area contributed by atoms with Gasteiger partial charge in [0.25, 0.3) is 0 Å². The Bertz CT molecular complexity index is 273. The van der Waals surface area contributed by atoms with E-state index in [0.717, 1.165) is 0 Å². The van der Waals surface area contributed by atoms with Crippen molar-refractivity contribution in [2.24, 2.45) is 0 Å². The van der Waals surface area contributed by atoms with Crippen LogP contribution in [0.1, 0.15) is 5.37 Å². The van der Waals surface area contributed by atoms with E-state index in [1.807, 2.05) is 11.8 Å². The van der Waals surface area contributed by atoms with Crippen LogP contribution < -0.4 is 4.57 Å². The van der Waals surface area contributed by atoms with Crippen molar-refractivity contribution >= 4 is 26.7 Å². The summed E-state index contributed by atoms with van der Waals surface area (Å²) in [5, 5.41) is 4.17. The molecular formula is C9H10NSSe+. The molecule has 0 amide bonds. The Kier molecular flexibility index (Phi) is 2.88. The van der Waals surface area contributed by atoms with Crippen LogP contribution in [-0.4, -0.2) is 15.0 Å². The molecule has 3 heteroatoms. The number of aromatic nitrogens is 1. The first-order chi connectivity index (χ1) is 5.97. The van der Waals surface area contributed by atoms with Crippen molar-refractivity contribution in [1.82, 2.24) is 0 Å². The van der Waals surface area contributed by atoms with E-state index < -0.39 is 0 Å². The van der Waals surface area contributed by atoms with Crippen molar-refractivity contribution in [2.45, 2.75) is 10.7 Å². The van der Waals surface area contributed by atoms with Crippen molar-refractivity contribution in [3.8, 4) is 0 Å². The van der Waals surface area contributed by atoms with Crippen LogP contribution in [-0.2, 0) is 0 Å². The van der Waals surface area contributed by atoms with Crippen molar-refractivity contribution < 1.29 is 4.57 Å².